The number of aromatic nitrogens is 1. The van der Waals surface area contributed by atoms with Crippen molar-refractivity contribution in [3.8, 4) is 0 Å². The van der Waals surface area contributed by atoms with E-state index in [4.69, 9.17) is 4.42 Å². The monoisotopic (exact) mass is 377 g/mol. The molecule has 28 heavy (non-hydrogen) atoms. The molecule has 0 aliphatic rings. The summed E-state index contributed by atoms with van der Waals surface area (Å²) in [5.74, 6) is 0.712. The van der Waals surface area contributed by atoms with E-state index in [1.807, 2.05) is 42.5 Å². The van der Waals surface area contributed by atoms with Crippen LogP contribution in [0.15, 0.2) is 76.5 Å². The van der Waals surface area contributed by atoms with Gasteiger partial charge in [0, 0.05) is 44.1 Å². The summed E-state index contributed by atoms with van der Waals surface area (Å²) in [6.07, 6.45) is 4.08. The summed E-state index contributed by atoms with van der Waals surface area (Å²) in [6, 6.07) is 16.8. The Kier molecular flexibility index (Phi) is 6.78. The zero-order valence-electron chi connectivity index (χ0n) is 15.7. The second kappa shape index (κ2) is 9.91. The zero-order valence-corrected chi connectivity index (χ0v) is 15.7. The first-order valence-corrected chi connectivity index (χ1v) is 9.03. The topological polar surface area (TPSA) is 91.5 Å². The molecule has 2 heterocycles. The molecule has 3 aromatic rings. The number of rotatable bonds is 7. The van der Waals surface area contributed by atoms with Crippen molar-refractivity contribution in [2.75, 3.05) is 18.9 Å². The fourth-order valence-corrected chi connectivity index (χ4v) is 2.62. The Labute approximate surface area is 163 Å². The lowest BCUT2D eigenvalue weighted by molar-refractivity contribution is 0.0996. The van der Waals surface area contributed by atoms with Gasteiger partial charge in [-0.3, -0.25) is 14.8 Å². The van der Waals surface area contributed by atoms with Gasteiger partial charge in [0.25, 0.3) is 5.91 Å². The lowest BCUT2D eigenvalue weighted by Crippen LogP contribution is -2.37. The van der Waals surface area contributed by atoms with Crippen molar-refractivity contribution in [2.24, 2.45) is 4.99 Å². The van der Waals surface area contributed by atoms with Crippen LogP contribution in [-0.2, 0) is 13.0 Å². The normalized spacial score (nSPS) is 11.1. The van der Waals surface area contributed by atoms with E-state index in [1.165, 1.54) is 6.26 Å². The number of furan rings is 1. The zero-order chi connectivity index (χ0) is 19.6. The summed E-state index contributed by atoms with van der Waals surface area (Å²) < 4.78 is 5.11. The van der Waals surface area contributed by atoms with Gasteiger partial charge in [-0.2, -0.15) is 0 Å². The third kappa shape index (κ3) is 5.70. The molecule has 0 unspecified atom stereocenters. The molecule has 3 rings (SSSR count). The number of amides is 1. The molecule has 2 aromatic heterocycles. The number of guanidine groups is 1. The van der Waals surface area contributed by atoms with E-state index in [-0.39, 0.29) is 11.7 Å². The number of aliphatic imine (C=N–C) groups is 1. The molecule has 0 saturated carbocycles. The maximum Gasteiger partial charge on any atom is 0.291 e. The van der Waals surface area contributed by atoms with Crippen LogP contribution in [0.2, 0.25) is 0 Å². The largest absolute Gasteiger partial charge is 0.459 e. The van der Waals surface area contributed by atoms with Gasteiger partial charge in [0.1, 0.15) is 0 Å². The second-order valence-corrected chi connectivity index (χ2v) is 6.06. The van der Waals surface area contributed by atoms with Crippen LogP contribution in [0.25, 0.3) is 0 Å². The van der Waals surface area contributed by atoms with Gasteiger partial charge in [-0.05, 0) is 42.0 Å². The Bertz CT molecular complexity index is 908. The molecule has 0 aliphatic heterocycles. The number of carbonyl (C=O) groups is 1. The van der Waals surface area contributed by atoms with Crippen molar-refractivity contribution in [1.29, 1.82) is 0 Å². The Morgan fingerprint density at radius 3 is 2.79 bits per heavy atom. The Hall–Kier alpha value is -3.61. The fraction of sp³-hybridized carbons (Fsp3) is 0.190. The van der Waals surface area contributed by atoms with Gasteiger partial charge in [-0.15, -0.1) is 0 Å². The maximum absolute atomic E-state index is 12.1. The number of hydrogen-bond acceptors (Lipinski definition) is 4. The van der Waals surface area contributed by atoms with E-state index in [0.717, 1.165) is 24.2 Å². The van der Waals surface area contributed by atoms with E-state index >= 15 is 0 Å². The van der Waals surface area contributed by atoms with Crippen LogP contribution in [0.5, 0.6) is 0 Å². The molecule has 7 nitrogen and oxygen atoms in total. The molecule has 1 aromatic carbocycles. The smallest absolute Gasteiger partial charge is 0.291 e. The van der Waals surface area contributed by atoms with E-state index in [1.54, 1.807) is 25.4 Å². The Balaban J connectivity index is 1.48. The van der Waals surface area contributed by atoms with Gasteiger partial charge in [0.2, 0.25) is 0 Å². The average Bonchev–Trinajstić information content (AvgIpc) is 3.27. The molecule has 3 N–H and O–H groups in total. The van der Waals surface area contributed by atoms with E-state index in [0.29, 0.717) is 18.2 Å². The van der Waals surface area contributed by atoms with Crippen molar-refractivity contribution in [2.45, 2.75) is 13.0 Å². The highest BCUT2D eigenvalue weighted by atomic mass is 16.3. The lowest BCUT2D eigenvalue weighted by atomic mass is 10.2. The fourth-order valence-electron chi connectivity index (χ4n) is 2.62. The third-order valence-corrected chi connectivity index (χ3v) is 4.01. The first-order valence-electron chi connectivity index (χ1n) is 9.03. The Morgan fingerprint density at radius 1 is 1.11 bits per heavy atom. The number of benzene rings is 1. The minimum absolute atomic E-state index is 0.276. The highest BCUT2D eigenvalue weighted by Crippen LogP contribution is 2.12. The lowest BCUT2D eigenvalue weighted by Gasteiger charge is -2.12. The van der Waals surface area contributed by atoms with Crippen LogP contribution in [0, 0.1) is 0 Å². The quantitative estimate of drug-likeness (QED) is 0.435. The number of pyridine rings is 1. The van der Waals surface area contributed by atoms with Gasteiger partial charge in [-0.25, -0.2) is 0 Å². The van der Waals surface area contributed by atoms with E-state index < -0.39 is 0 Å². The first-order chi connectivity index (χ1) is 13.7. The second-order valence-electron chi connectivity index (χ2n) is 6.06. The molecule has 0 fully saturated rings. The van der Waals surface area contributed by atoms with E-state index in [9.17, 15) is 4.79 Å². The van der Waals surface area contributed by atoms with Crippen LogP contribution in [0.4, 0.5) is 5.69 Å². The van der Waals surface area contributed by atoms with Crippen LogP contribution < -0.4 is 16.0 Å². The summed E-state index contributed by atoms with van der Waals surface area (Å²) in [7, 11) is 1.73. The predicted octanol–water partition coefficient (Wildman–Crippen LogP) is 2.83. The van der Waals surface area contributed by atoms with Crippen molar-refractivity contribution >= 4 is 17.6 Å². The molecule has 1 amide bonds. The van der Waals surface area contributed by atoms with Crippen LogP contribution in [-0.4, -0.2) is 30.4 Å². The average molecular weight is 377 g/mol. The first kappa shape index (κ1) is 19.2. The molecular weight excluding hydrogens is 354 g/mol. The number of nitrogens with zero attached hydrogens (tertiary/aromatic N) is 2. The summed E-state index contributed by atoms with van der Waals surface area (Å²) >= 11 is 0. The molecule has 0 aliphatic carbocycles. The third-order valence-electron chi connectivity index (χ3n) is 4.01. The van der Waals surface area contributed by atoms with Gasteiger partial charge >= 0.3 is 0 Å². The summed E-state index contributed by atoms with van der Waals surface area (Å²) in [4.78, 5) is 20.6. The molecular formula is C21H23N5O2. The van der Waals surface area contributed by atoms with Crippen LogP contribution >= 0.6 is 0 Å². The van der Waals surface area contributed by atoms with E-state index in [2.05, 4.69) is 25.9 Å². The molecule has 0 radical (unpaired) electrons. The van der Waals surface area contributed by atoms with Crippen LogP contribution in [0.1, 0.15) is 21.8 Å². The number of nitrogens with one attached hydrogen (secondary N) is 3. The maximum atomic E-state index is 12.1. The van der Waals surface area contributed by atoms with Crippen molar-refractivity contribution in [3.63, 3.8) is 0 Å². The van der Waals surface area contributed by atoms with Gasteiger partial charge in [0.15, 0.2) is 11.7 Å². The highest BCUT2D eigenvalue weighted by molar-refractivity contribution is 6.02. The molecule has 0 atom stereocenters. The van der Waals surface area contributed by atoms with Crippen molar-refractivity contribution < 1.29 is 9.21 Å². The van der Waals surface area contributed by atoms with Crippen molar-refractivity contribution in [3.05, 3.63) is 84.1 Å². The molecule has 0 saturated heterocycles. The number of anilines is 1. The van der Waals surface area contributed by atoms with Crippen molar-refractivity contribution in [1.82, 2.24) is 15.6 Å². The predicted molar refractivity (Wildman–Crippen MR) is 109 cm³/mol. The summed E-state index contributed by atoms with van der Waals surface area (Å²) in [6.45, 7) is 1.31. The minimum atomic E-state index is -0.276. The minimum Gasteiger partial charge on any atom is -0.459 e. The highest BCUT2D eigenvalue weighted by Gasteiger charge is 2.09. The van der Waals surface area contributed by atoms with Gasteiger partial charge < -0.3 is 20.4 Å². The SMILES string of the molecule is CN=C(NCCc1ccccn1)NCc1cccc(NC(=O)c2ccco2)c1. The number of carbonyl (C=O) groups excluding carboxylic acids is 1. The molecule has 0 bridgehead atoms. The van der Waals surface area contributed by atoms with Gasteiger partial charge in [0.05, 0.1) is 6.26 Å². The van der Waals surface area contributed by atoms with Crippen LogP contribution in [0.3, 0.4) is 0 Å². The molecule has 0 spiro atoms. The summed E-state index contributed by atoms with van der Waals surface area (Å²) in [5, 5.41) is 9.36. The van der Waals surface area contributed by atoms with Gasteiger partial charge in [-0.1, -0.05) is 18.2 Å². The summed E-state index contributed by atoms with van der Waals surface area (Å²) in [5.41, 5.74) is 2.76. The standard InChI is InChI=1S/C21H23N5O2/c1-22-21(24-12-10-17-7-2-3-11-23-17)25-15-16-6-4-8-18(14-16)26-20(27)19-9-5-13-28-19/h2-9,11,13-14H,10,12,15H2,1H3,(H,26,27)(H2,22,24,25). The number of hydrogen-bond donors (Lipinski definition) is 3. The molecule has 144 valence electrons. The molecule has 7 heteroatoms. The Morgan fingerprint density at radius 2 is 2.04 bits per heavy atom.